The maximum Gasteiger partial charge on any atom is 0.229 e. The minimum atomic E-state index is 0.186. The summed E-state index contributed by atoms with van der Waals surface area (Å²) in [6.07, 6.45) is 5.63. The number of aromatic nitrogens is 5. The molecule has 172 valence electrons. The van der Waals surface area contributed by atoms with E-state index in [4.69, 9.17) is 10.3 Å². The van der Waals surface area contributed by atoms with Crippen LogP contribution in [0.15, 0.2) is 41.3 Å². The highest BCUT2D eigenvalue weighted by Gasteiger charge is 2.19. The Labute approximate surface area is 193 Å². The number of nitrogens with zero attached hydrogens (tertiary/aromatic N) is 6. The quantitative estimate of drug-likeness (QED) is 0.459. The Balaban J connectivity index is 1.44. The number of likely N-dealkylation sites (tertiary alicyclic amines) is 1. The van der Waals surface area contributed by atoms with E-state index in [2.05, 4.69) is 55.6 Å². The average Bonchev–Trinajstić information content (AvgIpc) is 3.44. The fraction of sp³-hybridized carbons (Fsp3) is 0.417. The molecule has 33 heavy (non-hydrogen) atoms. The molecule has 9 heteroatoms. The van der Waals surface area contributed by atoms with E-state index in [9.17, 15) is 0 Å². The number of aryl methyl sites for hydroxylation is 1. The van der Waals surface area contributed by atoms with Crippen LogP contribution in [0.4, 0.5) is 11.5 Å². The van der Waals surface area contributed by atoms with Crippen molar-refractivity contribution in [2.24, 2.45) is 5.73 Å². The maximum atomic E-state index is 6.08. The second-order valence-corrected chi connectivity index (χ2v) is 9.18. The zero-order valence-corrected chi connectivity index (χ0v) is 19.3. The maximum absolute atomic E-state index is 6.08. The molecule has 5 rings (SSSR count). The molecule has 1 aliphatic rings. The van der Waals surface area contributed by atoms with E-state index in [1.807, 2.05) is 30.6 Å². The first-order valence-corrected chi connectivity index (χ1v) is 11.5. The second kappa shape index (κ2) is 8.92. The number of fused-ring (bicyclic) bond motifs is 1. The van der Waals surface area contributed by atoms with Crippen LogP contribution in [0.1, 0.15) is 49.6 Å². The molecule has 0 aliphatic carbocycles. The normalized spacial score (nSPS) is 15.5. The summed E-state index contributed by atoms with van der Waals surface area (Å²) in [5, 5.41) is 12.1. The van der Waals surface area contributed by atoms with Crippen molar-refractivity contribution in [3.63, 3.8) is 0 Å². The van der Waals surface area contributed by atoms with Gasteiger partial charge in [0.1, 0.15) is 11.8 Å². The highest BCUT2D eigenvalue weighted by molar-refractivity contribution is 5.78. The molecule has 0 spiro atoms. The Morgan fingerprint density at radius 3 is 2.79 bits per heavy atom. The van der Waals surface area contributed by atoms with Crippen LogP contribution in [-0.4, -0.2) is 48.8 Å². The van der Waals surface area contributed by atoms with Gasteiger partial charge in [0, 0.05) is 36.0 Å². The van der Waals surface area contributed by atoms with E-state index in [1.54, 1.807) is 6.33 Å². The molecule has 4 heterocycles. The highest BCUT2D eigenvalue weighted by Crippen LogP contribution is 2.28. The Morgan fingerprint density at radius 2 is 2.03 bits per heavy atom. The topological polar surface area (TPSA) is 110 Å². The monoisotopic (exact) mass is 446 g/mol. The number of benzene rings is 1. The summed E-state index contributed by atoms with van der Waals surface area (Å²) < 4.78 is 7.28. The van der Waals surface area contributed by atoms with Crippen molar-refractivity contribution in [2.45, 2.75) is 52.1 Å². The van der Waals surface area contributed by atoms with Crippen molar-refractivity contribution in [1.82, 2.24) is 29.6 Å². The van der Waals surface area contributed by atoms with Gasteiger partial charge in [-0.1, -0.05) is 19.0 Å². The number of hydrogen-bond donors (Lipinski definition) is 2. The van der Waals surface area contributed by atoms with Gasteiger partial charge >= 0.3 is 0 Å². The van der Waals surface area contributed by atoms with Crippen molar-refractivity contribution >= 4 is 17.0 Å². The SMILES string of the molecule is Cc1cc(Nc2ncnn3ccc(CN4CCC(N)CC4)c23)cc(-c2noc(C(C)C)n2)c1. The van der Waals surface area contributed by atoms with Crippen LogP contribution < -0.4 is 11.1 Å². The number of rotatable bonds is 6. The van der Waals surface area contributed by atoms with Gasteiger partial charge in [0.2, 0.25) is 11.7 Å². The molecule has 4 aromatic rings. The van der Waals surface area contributed by atoms with Crippen molar-refractivity contribution < 1.29 is 4.52 Å². The minimum absolute atomic E-state index is 0.186. The standard InChI is InChI=1S/C24H30N8O/c1-15(2)24-29-22(30-33-24)18-10-16(3)11-20(12-18)28-23-21-17(4-9-32(21)27-14-26-23)13-31-7-5-19(25)6-8-31/h4,9-12,14-15,19H,5-8,13,25H2,1-3H3,(H,26,27,28). The van der Waals surface area contributed by atoms with Gasteiger partial charge in [0.15, 0.2) is 5.82 Å². The molecule has 0 unspecified atom stereocenters. The van der Waals surface area contributed by atoms with Gasteiger partial charge in [-0.05, 0) is 68.2 Å². The second-order valence-electron chi connectivity index (χ2n) is 9.18. The molecule has 1 aliphatic heterocycles. The van der Waals surface area contributed by atoms with E-state index in [0.29, 0.717) is 17.8 Å². The third kappa shape index (κ3) is 4.60. The molecule has 3 aromatic heterocycles. The molecule has 0 amide bonds. The smallest absolute Gasteiger partial charge is 0.229 e. The van der Waals surface area contributed by atoms with Gasteiger partial charge in [-0.25, -0.2) is 9.50 Å². The number of hydrogen-bond acceptors (Lipinski definition) is 8. The fourth-order valence-corrected chi connectivity index (χ4v) is 4.30. The first-order chi connectivity index (χ1) is 16.0. The predicted molar refractivity (Wildman–Crippen MR) is 127 cm³/mol. The molecule has 1 aromatic carbocycles. The first kappa shape index (κ1) is 21.5. The first-order valence-electron chi connectivity index (χ1n) is 11.5. The largest absolute Gasteiger partial charge is 0.339 e. The van der Waals surface area contributed by atoms with Crippen molar-refractivity contribution in [2.75, 3.05) is 18.4 Å². The number of nitrogens with one attached hydrogen (secondary N) is 1. The number of anilines is 2. The number of nitrogens with two attached hydrogens (primary N) is 1. The molecular formula is C24H30N8O. The summed E-state index contributed by atoms with van der Waals surface area (Å²) in [6, 6.07) is 8.60. The Hall–Kier alpha value is -3.30. The van der Waals surface area contributed by atoms with Crippen molar-refractivity contribution in [1.29, 1.82) is 0 Å². The van der Waals surface area contributed by atoms with Crippen molar-refractivity contribution in [3.05, 3.63) is 53.8 Å². The van der Waals surface area contributed by atoms with Crippen LogP contribution in [-0.2, 0) is 6.54 Å². The third-order valence-electron chi connectivity index (χ3n) is 6.10. The van der Waals surface area contributed by atoms with Gasteiger partial charge in [-0.15, -0.1) is 0 Å². The van der Waals surface area contributed by atoms with Gasteiger partial charge in [0.25, 0.3) is 0 Å². The van der Waals surface area contributed by atoms with Crippen LogP contribution in [0.5, 0.6) is 0 Å². The summed E-state index contributed by atoms with van der Waals surface area (Å²) in [5.41, 5.74) is 11.2. The summed E-state index contributed by atoms with van der Waals surface area (Å²) in [7, 11) is 0. The van der Waals surface area contributed by atoms with E-state index < -0.39 is 0 Å². The average molecular weight is 447 g/mol. The summed E-state index contributed by atoms with van der Waals surface area (Å²) in [6.45, 7) is 9.00. The zero-order chi connectivity index (χ0) is 22.9. The summed E-state index contributed by atoms with van der Waals surface area (Å²) in [4.78, 5) is 11.6. The van der Waals surface area contributed by atoms with Gasteiger partial charge in [0.05, 0.1) is 0 Å². The van der Waals surface area contributed by atoms with E-state index in [1.165, 1.54) is 5.56 Å². The lowest BCUT2D eigenvalue weighted by Crippen LogP contribution is -2.39. The van der Waals surface area contributed by atoms with Crippen LogP contribution in [0.25, 0.3) is 16.9 Å². The van der Waals surface area contributed by atoms with E-state index >= 15 is 0 Å². The molecule has 3 N–H and O–H groups in total. The van der Waals surface area contributed by atoms with E-state index in [-0.39, 0.29) is 5.92 Å². The molecule has 0 radical (unpaired) electrons. The highest BCUT2D eigenvalue weighted by atomic mass is 16.5. The zero-order valence-electron chi connectivity index (χ0n) is 19.3. The molecule has 1 saturated heterocycles. The fourth-order valence-electron chi connectivity index (χ4n) is 4.30. The molecule has 0 atom stereocenters. The van der Waals surface area contributed by atoms with Crippen LogP contribution in [0.2, 0.25) is 0 Å². The lowest BCUT2D eigenvalue weighted by Gasteiger charge is -2.29. The molecule has 0 saturated carbocycles. The van der Waals surface area contributed by atoms with Crippen LogP contribution in [0.3, 0.4) is 0 Å². The molecule has 0 bridgehead atoms. The predicted octanol–water partition coefficient (Wildman–Crippen LogP) is 3.88. The third-order valence-corrected chi connectivity index (χ3v) is 6.10. The lowest BCUT2D eigenvalue weighted by molar-refractivity contribution is 0.206. The molecular weight excluding hydrogens is 416 g/mol. The number of piperidine rings is 1. The lowest BCUT2D eigenvalue weighted by atomic mass is 10.1. The van der Waals surface area contributed by atoms with Gasteiger partial charge < -0.3 is 15.6 Å². The Bertz CT molecular complexity index is 1250. The van der Waals surface area contributed by atoms with Gasteiger partial charge in [-0.2, -0.15) is 10.1 Å². The minimum Gasteiger partial charge on any atom is -0.339 e. The van der Waals surface area contributed by atoms with Crippen LogP contribution >= 0.6 is 0 Å². The van der Waals surface area contributed by atoms with Crippen LogP contribution in [0, 0.1) is 6.92 Å². The van der Waals surface area contributed by atoms with Crippen molar-refractivity contribution in [3.8, 4) is 11.4 Å². The van der Waals surface area contributed by atoms with E-state index in [0.717, 1.165) is 60.6 Å². The molecule has 1 fully saturated rings. The Morgan fingerprint density at radius 1 is 1.21 bits per heavy atom. The molecule has 9 nitrogen and oxygen atoms in total. The Kier molecular flexibility index (Phi) is 5.82. The van der Waals surface area contributed by atoms with Gasteiger partial charge in [-0.3, -0.25) is 4.90 Å². The summed E-state index contributed by atoms with van der Waals surface area (Å²) >= 11 is 0. The summed E-state index contributed by atoms with van der Waals surface area (Å²) in [5.74, 6) is 2.18.